The van der Waals surface area contributed by atoms with Gasteiger partial charge in [-0.25, -0.2) is 0 Å². The molecule has 0 radical (unpaired) electrons. The number of hydrogen-bond acceptors (Lipinski definition) is 42. The zero-order valence-electron chi connectivity index (χ0n) is 59.4. The Bertz CT molecular complexity index is 2410. The Morgan fingerprint density at radius 3 is 0.393 bits per heavy atom. The van der Waals surface area contributed by atoms with Crippen LogP contribution in [-0.4, -0.2) is 456 Å². The standard InChI is InChI=1S/C63H98O49/c64-15-22-43-36(85)50(92-8-1-29(71)72)57(99-22)106-44-23(16-65)100-59(51(37(44)86)93-9-2-30(73)74)108-46-25(18-67)102-61(53(39(46)88)95-11-4-32(77)78)110-48-27(20-69)104-63(55(41(48)90)97-13-6-34(81)82)112-49-28(21-70)105-62(56(42(49)91)98-14-7-35(83)84)111-47-26(19-68)103-60(54(40(47)89)96-12-5-33(79)80)109-45-24(17-66)101-58(107-43)52(38(45)87)94-10-3-31(75)76/h22-28,36-70,85-91H,1-21H2,(H,71,72)(H,73,74)(H,75,76)(H,77,78)(H,79,80)(H,81,82)(H,83,84). The molecule has 0 aromatic carbocycles. The van der Waals surface area contributed by atoms with Crippen molar-refractivity contribution in [2.24, 2.45) is 0 Å². The van der Waals surface area contributed by atoms with Crippen molar-refractivity contribution in [3.63, 3.8) is 0 Å². The lowest BCUT2D eigenvalue weighted by Gasteiger charge is -2.51. The number of aliphatic hydroxyl groups is 14. The number of carboxylic acids is 7. The van der Waals surface area contributed by atoms with Crippen LogP contribution in [0.1, 0.15) is 44.9 Å². The highest BCUT2D eigenvalue weighted by Gasteiger charge is 2.61. The summed E-state index contributed by atoms with van der Waals surface area (Å²) in [5.41, 5.74) is 0. The fourth-order valence-corrected chi connectivity index (χ4v) is 13.5. The van der Waals surface area contributed by atoms with E-state index in [4.69, 9.17) is 99.5 Å². The summed E-state index contributed by atoms with van der Waals surface area (Å²) in [4.78, 5) is 83.5. The number of ether oxygens (including phenoxy) is 21. The largest absolute Gasteiger partial charge is 0.481 e. The fraction of sp³-hybridized carbons (Fsp3) is 0.889. The van der Waals surface area contributed by atoms with E-state index in [2.05, 4.69) is 0 Å². The van der Waals surface area contributed by atoms with Crippen molar-refractivity contribution >= 4 is 41.8 Å². The van der Waals surface area contributed by atoms with Crippen molar-refractivity contribution in [3.8, 4) is 0 Å². The zero-order chi connectivity index (χ0) is 81.9. The van der Waals surface area contributed by atoms with Crippen LogP contribution < -0.4 is 0 Å². The van der Waals surface area contributed by atoms with Gasteiger partial charge in [0.2, 0.25) is 0 Å². The minimum Gasteiger partial charge on any atom is -0.481 e. The maximum atomic E-state index is 12.4. The monoisotopic (exact) mass is 1640 g/mol. The molecule has 21 rings (SSSR count). The molecule has 21 N–H and O–H groups in total. The fourth-order valence-electron chi connectivity index (χ4n) is 13.5. The molecular weight excluding hydrogens is 1540 g/mol. The van der Waals surface area contributed by atoms with Crippen molar-refractivity contribution in [2.45, 2.75) is 260 Å². The molecule has 0 aliphatic carbocycles. The molecule has 35 atom stereocenters. The van der Waals surface area contributed by atoms with Crippen molar-refractivity contribution in [1.82, 2.24) is 0 Å². The van der Waals surface area contributed by atoms with Gasteiger partial charge in [0.05, 0.1) is 137 Å². The summed E-state index contributed by atoms with van der Waals surface area (Å²) in [6.07, 6.45) is -79.7. The molecule has 49 heteroatoms. The van der Waals surface area contributed by atoms with E-state index >= 15 is 0 Å². The van der Waals surface area contributed by atoms with Crippen molar-refractivity contribution < 1.29 is 240 Å². The Morgan fingerprint density at radius 2 is 0.304 bits per heavy atom. The predicted octanol–water partition coefficient (Wildman–Crippen LogP) is -11.7. The molecule has 21 aliphatic rings. The van der Waals surface area contributed by atoms with Crippen molar-refractivity contribution in [2.75, 3.05) is 92.5 Å². The average Bonchev–Trinajstić information content (AvgIpc) is 0.774. The topological polar surface area (TPSA) is 738 Å². The summed E-state index contributed by atoms with van der Waals surface area (Å²) in [5, 5.41) is 232. The van der Waals surface area contributed by atoms with Crippen LogP contribution in [0.15, 0.2) is 0 Å². The highest BCUT2D eigenvalue weighted by molar-refractivity contribution is 5.68. The average molecular weight is 1640 g/mol. The lowest BCUT2D eigenvalue weighted by Crippen LogP contribution is -2.69. The maximum Gasteiger partial charge on any atom is 0.305 e. The molecule has 0 amide bonds. The number of carbonyl (C=O) groups is 7. The van der Waals surface area contributed by atoms with Crippen LogP contribution in [0.5, 0.6) is 0 Å². The summed E-state index contributed by atoms with van der Waals surface area (Å²) in [7, 11) is 0. The smallest absolute Gasteiger partial charge is 0.305 e. The van der Waals surface area contributed by atoms with Crippen LogP contribution in [0.3, 0.4) is 0 Å². The molecule has 0 aromatic heterocycles. The van der Waals surface area contributed by atoms with E-state index in [1.165, 1.54) is 0 Å². The molecule has 0 aromatic rings. The number of aliphatic carboxylic acids is 7. The van der Waals surface area contributed by atoms with Gasteiger partial charge in [-0.05, 0) is 0 Å². The van der Waals surface area contributed by atoms with Gasteiger partial charge in [0.15, 0.2) is 44.0 Å². The second-order valence-electron chi connectivity index (χ2n) is 26.6. The minimum absolute atomic E-state index is 0.818. The molecule has 21 saturated heterocycles. The summed E-state index contributed by atoms with van der Waals surface area (Å²) in [5.74, 6) is -10.4. The molecule has 112 heavy (non-hydrogen) atoms. The zero-order valence-corrected chi connectivity index (χ0v) is 59.4. The lowest BCUT2D eigenvalue weighted by atomic mass is 9.94. The van der Waals surface area contributed by atoms with Crippen molar-refractivity contribution in [3.05, 3.63) is 0 Å². The Kier molecular flexibility index (Phi) is 36.2. The molecule has 21 heterocycles. The summed E-state index contributed by atoms with van der Waals surface area (Å²) < 4.78 is 127. The Balaban J connectivity index is 1.26. The van der Waals surface area contributed by atoms with E-state index in [1.807, 2.05) is 0 Å². The molecule has 21 fully saturated rings. The molecule has 0 spiro atoms. The highest BCUT2D eigenvalue weighted by atomic mass is 16.8. The molecule has 0 saturated carbocycles. The normalized spacial score (nSPS) is 41.5. The predicted molar refractivity (Wildman–Crippen MR) is 340 cm³/mol. The van der Waals surface area contributed by atoms with E-state index in [0.29, 0.717) is 0 Å². The molecular formula is C63H98O49. The molecule has 49 nitrogen and oxygen atoms in total. The first-order chi connectivity index (χ1) is 53.4. The molecule has 14 bridgehead atoms. The van der Waals surface area contributed by atoms with Crippen LogP contribution in [0.2, 0.25) is 0 Å². The highest BCUT2D eigenvalue weighted by Crippen LogP contribution is 2.42. The quantitative estimate of drug-likeness (QED) is 0.0280. The number of carboxylic acid groups (broad SMARTS) is 7. The maximum absolute atomic E-state index is 12.4. The summed E-state index contributed by atoms with van der Waals surface area (Å²) in [6.45, 7) is -14.2. The van der Waals surface area contributed by atoms with Crippen LogP contribution >= 0.6 is 0 Å². The van der Waals surface area contributed by atoms with E-state index in [0.717, 1.165) is 0 Å². The van der Waals surface area contributed by atoms with Gasteiger partial charge in [0.1, 0.15) is 171 Å². The molecule has 35 unspecified atom stereocenters. The SMILES string of the molecule is O=C(O)CCOC1C2OC(CO)C(OC3OC(CO)C(OC4OC(CO)C(OC5OC(CO)C(OC6OC(CO)C(OC7OC(CO)C(OC8OC(CO)C(O2)C(O)C8OCCC(=O)O)C(O)C7OCCC(=O)O)C(O)C6OCCC(=O)O)C(O)C5OCCC(=O)O)C(O)C4OCCC(=O)O)C(O)C3OCCC(=O)O)C1O. The van der Waals surface area contributed by atoms with Gasteiger partial charge in [-0.1, -0.05) is 0 Å². The first-order valence-corrected chi connectivity index (χ1v) is 35.5. The second kappa shape index (κ2) is 43.9. The minimum atomic E-state index is -2.29. The van der Waals surface area contributed by atoms with Gasteiger partial charge in [-0.15, -0.1) is 0 Å². The molecule has 21 aliphatic heterocycles. The van der Waals surface area contributed by atoms with E-state index in [-0.39, 0.29) is 0 Å². The van der Waals surface area contributed by atoms with Crippen LogP contribution in [0.25, 0.3) is 0 Å². The Labute approximate surface area is 633 Å². The van der Waals surface area contributed by atoms with E-state index in [9.17, 15) is 141 Å². The number of hydrogen-bond donors (Lipinski definition) is 21. The number of rotatable bonds is 35. The van der Waals surface area contributed by atoms with Gasteiger partial charge in [-0.2, -0.15) is 0 Å². The first-order valence-electron chi connectivity index (χ1n) is 35.5. The summed E-state index contributed by atoms with van der Waals surface area (Å²) >= 11 is 0. The first kappa shape index (κ1) is 92.4. The van der Waals surface area contributed by atoms with Crippen molar-refractivity contribution in [1.29, 1.82) is 0 Å². The van der Waals surface area contributed by atoms with Gasteiger partial charge in [-0.3, -0.25) is 33.6 Å². The van der Waals surface area contributed by atoms with Crippen LogP contribution in [0.4, 0.5) is 0 Å². The Hall–Kier alpha value is -5.11. The third kappa shape index (κ3) is 23.6. The summed E-state index contributed by atoms with van der Waals surface area (Å²) in [6, 6.07) is 0. The Morgan fingerprint density at radius 1 is 0.196 bits per heavy atom. The second-order valence-corrected chi connectivity index (χ2v) is 26.6. The van der Waals surface area contributed by atoms with Crippen LogP contribution in [0, 0.1) is 0 Å². The van der Waals surface area contributed by atoms with E-state index in [1.54, 1.807) is 0 Å². The van der Waals surface area contributed by atoms with Gasteiger partial charge in [0.25, 0.3) is 0 Å². The number of aliphatic hydroxyl groups excluding tert-OH is 14. The van der Waals surface area contributed by atoms with Gasteiger partial charge >= 0.3 is 41.8 Å². The third-order valence-electron chi connectivity index (χ3n) is 19.0. The van der Waals surface area contributed by atoms with Gasteiger partial charge in [0, 0.05) is 0 Å². The van der Waals surface area contributed by atoms with Gasteiger partial charge < -0.3 is 207 Å². The third-order valence-corrected chi connectivity index (χ3v) is 19.0. The molecule has 644 valence electrons. The van der Waals surface area contributed by atoms with Crippen LogP contribution in [-0.2, 0) is 133 Å². The van der Waals surface area contributed by atoms with E-state index < -0.39 is 394 Å². The lowest BCUT2D eigenvalue weighted by molar-refractivity contribution is -0.402.